The summed E-state index contributed by atoms with van der Waals surface area (Å²) in [7, 11) is 0. The molecule has 1 aliphatic rings. The minimum absolute atomic E-state index is 0.310. The fourth-order valence-corrected chi connectivity index (χ4v) is 3.21. The first-order valence-electron chi connectivity index (χ1n) is 6.36. The minimum Gasteiger partial charge on any atom is -0.396 e. The molecule has 1 aliphatic carbocycles. The third-order valence-corrected chi connectivity index (χ3v) is 4.35. The van der Waals surface area contributed by atoms with Gasteiger partial charge in [0.1, 0.15) is 0 Å². The van der Waals surface area contributed by atoms with E-state index in [0.717, 1.165) is 12.8 Å². The van der Waals surface area contributed by atoms with Gasteiger partial charge in [-0.25, -0.2) is 0 Å². The summed E-state index contributed by atoms with van der Waals surface area (Å²) in [6.07, 6.45) is 6.87. The van der Waals surface area contributed by atoms with Gasteiger partial charge >= 0.3 is 0 Å². The van der Waals surface area contributed by atoms with Gasteiger partial charge in [0.25, 0.3) is 0 Å². The Kier molecular flexibility index (Phi) is 5.07. The van der Waals surface area contributed by atoms with E-state index in [-0.39, 0.29) is 0 Å². The molecule has 1 fully saturated rings. The van der Waals surface area contributed by atoms with Crippen molar-refractivity contribution in [3.05, 3.63) is 0 Å². The molecule has 1 saturated carbocycles. The van der Waals surface area contributed by atoms with Crippen LogP contribution >= 0.6 is 0 Å². The topological polar surface area (TPSA) is 40.5 Å². The van der Waals surface area contributed by atoms with Gasteiger partial charge in [-0.15, -0.1) is 0 Å². The van der Waals surface area contributed by atoms with Gasteiger partial charge in [-0.2, -0.15) is 0 Å². The first-order valence-corrected chi connectivity index (χ1v) is 6.36. The van der Waals surface area contributed by atoms with E-state index < -0.39 is 0 Å². The zero-order valence-electron chi connectivity index (χ0n) is 10.2. The van der Waals surface area contributed by atoms with Crippen LogP contribution in [0, 0.1) is 17.3 Å². The molecule has 0 spiro atoms. The predicted molar refractivity (Wildman–Crippen MR) is 62.6 cm³/mol. The number of rotatable bonds is 5. The van der Waals surface area contributed by atoms with E-state index in [9.17, 15) is 5.11 Å². The summed E-state index contributed by atoms with van der Waals surface area (Å²) >= 11 is 0. The van der Waals surface area contributed by atoms with Gasteiger partial charge in [0, 0.05) is 13.2 Å². The number of aliphatic hydroxyl groups excluding tert-OH is 2. The van der Waals surface area contributed by atoms with Crippen LogP contribution in [0.2, 0.25) is 0 Å². The highest BCUT2D eigenvalue weighted by Crippen LogP contribution is 2.47. The van der Waals surface area contributed by atoms with Crippen LogP contribution in [0.15, 0.2) is 0 Å². The average molecular weight is 214 g/mol. The first kappa shape index (κ1) is 13.0. The molecule has 15 heavy (non-hydrogen) atoms. The summed E-state index contributed by atoms with van der Waals surface area (Å²) in [4.78, 5) is 0. The van der Waals surface area contributed by atoms with Crippen molar-refractivity contribution < 1.29 is 10.2 Å². The molecule has 0 amide bonds. The fraction of sp³-hybridized carbons (Fsp3) is 1.00. The third-order valence-electron chi connectivity index (χ3n) is 4.35. The van der Waals surface area contributed by atoms with Crippen molar-refractivity contribution in [1.82, 2.24) is 0 Å². The Balaban J connectivity index is 2.62. The van der Waals surface area contributed by atoms with E-state index in [0.29, 0.717) is 30.5 Å². The van der Waals surface area contributed by atoms with Crippen LogP contribution in [0.25, 0.3) is 0 Å². The second-order valence-corrected chi connectivity index (χ2v) is 5.47. The van der Waals surface area contributed by atoms with E-state index in [1.54, 1.807) is 0 Å². The van der Waals surface area contributed by atoms with Crippen molar-refractivity contribution in [3.63, 3.8) is 0 Å². The van der Waals surface area contributed by atoms with Gasteiger partial charge in [0.05, 0.1) is 0 Å². The second-order valence-electron chi connectivity index (χ2n) is 5.47. The molecule has 0 aromatic carbocycles. The fourth-order valence-electron chi connectivity index (χ4n) is 3.21. The Bertz CT molecular complexity index is 173. The maximum atomic E-state index is 9.20. The predicted octanol–water partition coefficient (Wildman–Crippen LogP) is 2.58. The normalized spacial score (nSPS) is 32.2. The van der Waals surface area contributed by atoms with Crippen molar-refractivity contribution in [3.8, 4) is 0 Å². The summed E-state index contributed by atoms with van der Waals surface area (Å²) in [5.41, 5.74) is 0.340. The van der Waals surface area contributed by atoms with Crippen LogP contribution in [-0.2, 0) is 0 Å². The van der Waals surface area contributed by atoms with Crippen LogP contribution in [0.4, 0.5) is 0 Å². The Morgan fingerprint density at radius 3 is 2.53 bits per heavy atom. The van der Waals surface area contributed by atoms with Crippen molar-refractivity contribution >= 4 is 0 Å². The molecule has 0 aromatic rings. The molecule has 2 unspecified atom stereocenters. The molecule has 0 aliphatic heterocycles. The number of aliphatic hydroxyl groups is 2. The Morgan fingerprint density at radius 2 is 2.00 bits per heavy atom. The van der Waals surface area contributed by atoms with Crippen molar-refractivity contribution in [2.45, 2.75) is 52.4 Å². The highest BCUT2D eigenvalue weighted by atomic mass is 16.3. The highest BCUT2D eigenvalue weighted by Gasteiger charge is 2.37. The van der Waals surface area contributed by atoms with Crippen molar-refractivity contribution in [2.24, 2.45) is 17.3 Å². The van der Waals surface area contributed by atoms with Gasteiger partial charge in [0.15, 0.2) is 0 Å². The van der Waals surface area contributed by atoms with Crippen LogP contribution in [0.3, 0.4) is 0 Å². The molecule has 90 valence electrons. The Morgan fingerprint density at radius 1 is 1.27 bits per heavy atom. The largest absolute Gasteiger partial charge is 0.396 e. The van der Waals surface area contributed by atoms with Crippen molar-refractivity contribution in [1.29, 1.82) is 0 Å². The first-order chi connectivity index (χ1) is 7.14. The van der Waals surface area contributed by atoms with Crippen molar-refractivity contribution in [2.75, 3.05) is 13.2 Å². The van der Waals surface area contributed by atoms with E-state index in [4.69, 9.17) is 5.11 Å². The lowest BCUT2D eigenvalue weighted by atomic mass is 9.62. The van der Waals surface area contributed by atoms with Gasteiger partial charge in [-0.1, -0.05) is 26.7 Å². The maximum Gasteiger partial charge on any atom is 0.0436 e. The molecule has 0 radical (unpaired) electrons. The Hall–Kier alpha value is -0.0800. The zero-order valence-corrected chi connectivity index (χ0v) is 10.2. The highest BCUT2D eigenvalue weighted by molar-refractivity contribution is 4.88. The van der Waals surface area contributed by atoms with E-state index >= 15 is 0 Å². The van der Waals surface area contributed by atoms with Gasteiger partial charge in [0.2, 0.25) is 0 Å². The molecule has 0 bridgehead atoms. The van der Waals surface area contributed by atoms with E-state index in [1.807, 2.05) is 0 Å². The average Bonchev–Trinajstić information content (AvgIpc) is 2.19. The van der Waals surface area contributed by atoms with E-state index in [2.05, 4.69) is 13.8 Å². The Labute approximate surface area is 93.7 Å². The third kappa shape index (κ3) is 3.18. The molecule has 2 atom stereocenters. The van der Waals surface area contributed by atoms with Crippen LogP contribution in [0.5, 0.6) is 0 Å². The zero-order chi connectivity index (χ0) is 11.3. The molecule has 0 heterocycles. The van der Waals surface area contributed by atoms with Gasteiger partial charge in [-0.05, 0) is 42.9 Å². The summed E-state index contributed by atoms with van der Waals surface area (Å²) in [5, 5.41) is 18.2. The summed E-state index contributed by atoms with van der Waals surface area (Å²) in [5.74, 6) is 1.32. The van der Waals surface area contributed by atoms with Gasteiger partial charge in [-0.3, -0.25) is 0 Å². The lowest BCUT2D eigenvalue weighted by Gasteiger charge is -2.44. The summed E-state index contributed by atoms with van der Waals surface area (Å²) in [6.45, 7) is 5.18. The summed E-state index contributed by atoms with van der Waals surface area (Å²) < 4.78 is 0. The molecule has 2 N–H and O–H groups in total. The lowest BCUT2D eigenvalue weighted by molar-refractivity contribution is 0.0423. The van der Waals surface area contributed by atoms with Gasteiger partial charge < -0.3 is 10.2 Å². The lowest BCUT2D eigenvalue weighted by Crippen LogP contribution is -2.34. The number of hydrogen-bond acceptors (Lipinski definition) is 2. The smallest absolute Gasteiger partial charge is 0.0436 e. The molecular formula is C13H26O2. The molecule has 0 aromatic heterocycles. The minimum atomic E-state index is 0.310. The summed E-state index contributed by atoms with van der Waals surface area (Å²) in [6, 6.07) is 0. The molecular weight excluding hydrogens is 188 g/mol. The quantitative estimate of drug-likeness (QED) is 0.738. The molecule has 2 nitrogen and oxygen atoms in total. The molecule has 2 heteroatoms. The monoisotopic (exact) mass is 214 g/mol. The molecule has 0 saturated heterocycles. The van der Waals surface area contributed by atoms with Crippen LogP contribution in [0.1, 0.15) is 52.4 Å². The second kappa shape index (κ2) is 5.86. The van der Waals surface area contributed by atoms with E-state index in [1.165, 1.54) is 25.7 Å². The maximum absolute atomic E-state index is 9.20. The standard InChI is InChI=1S/C13H26O2/c1-11(2)13(7-9-15)6-3-4-12(10-13)5-8-14/h11-12,14-15H,3-10H2,1-2H3. The number of hydrogen-bond donors (Lipinski definition) is 2. The SMILES string of the molecule is CC(C)C1(CCO)CCCC(CCO)C1. The van der Waals surface area contributed by atoms with Crippen LogP contribution in [-0.4, -0.2) is 23.4 Å². The molecule has 1 rings (SSSR count). The van der Waals surface area contributed by atoms with Crippen LogP contribution < -0.4 is 0 Å².